The van der Waals surface area contributed by atoms with Crippen molar-refractivity contribution >= 4 is 16.7 Å². The molecule has 0 aliphatic heterocycles. The van der Waals surface area contributed by atoms with Crippen molar-refractivity contribution in [3.63, 3.8) is 0 Å². The van der Waals surface area contributed by atoms with E-state index in [0.717, 1.165) is 11.2 Å². The third kappa shape index (κ3) is 2.54. The van der Waals surface area contributed by atoms with Gasteiger partial charge in [0.25, 0.3) is 0 Å². The Bertz CT molecular complexity index is 596. The number of aromatic nitrogens is 2. The summed E-state index contributed by atoms with van der Waals surface area (Å²) in [7, 11) is 0. The van der Waals surface area contributed by atoms with E-state index < -0.39 is 0 Å². The summed E-state index contributed by atoms with van der Waals surface area (Å²) in [6, 6.07) is 6.68. The lowest BCUT2D eigenvalue weighted by Gasteiger charge is -2.17. The molecule has 1 aromatic heterocycles. The van der Waals surface area contributed by atoms with Crippen LogP contribution < -0.4 is 5.73 Å². The van der Waals surface area contributed by atoms with Crippen LogP contribution in [-0.2, 0) is 0 Å². The van der Waals surface area contributed by atoms with E-state index in [9.17, 15) is 0 Å². The number of nitrogen functional groups attached to an aromatic ring is 1. The maximum absolute atomic E-state index is 5.90. The summed E-state index contributed by atoms with van der Waals surface area (Å²) in [5.74, 6) is 1.96. The summed E-state index contributed by atoms with van der Waals surface area (Å²) in [4.78, 5) is 4.87. The van der Waals surface area contributed by atoms with Crippen molar-refractivity contribution in [1.82, 2.24) is 9.55 Å². The summed E-state index contributed by atoms with van der Waals surface area (Å²) in [6.45, 7) is 4.59. The van der Waals surface area contributed by atoms with E-state index in [-0.39, 0.29) is 0 Å². The topological polar surface area (TPSA) is 43.8 Å². The second-order valence-corrected chi connectivity index (χ2v) is 6.21. The number of rotatable bonds is 6. The van der Waals surface area contributed by atoms with Crippen LogP contribution in [0.5, 0.6) is 0 Å². The largest absolute Gasteiger partial charge is 0.399 e. The molecule has 1 aliphatic carbocycles. The van der Waals surface area contributed by atoms with Crippen LogP contribution in [0.15, 0.2) is 18.2 Å². The molecule has 3 rings (SSSR count). The first-order valence-corrected chi connectivity index (χ1v) is 7.98. The predicted molar refractivity (Wildman–Crippen MR) is 85.0 cm³/mol. The molecule has 0 radical (unpaired) electrons. The molecule has 2 aromatic rings. The lowest BCUT2D eigenvalue weighted by molar-refractivity contribution is 0.473. The van der Waals surface area contributed by atoms with Crippen LogP contribution in [0.25, 0.3) is 11.0 Å². The third-order valence-corrected chi connectivity index (χ3v) is 4.35. The first-order chi connectivity index (χ1) is 9.70. The first-order valence-electron chi connectivity index (χ1n) is 7.98. The van der Waals surface area contributed by atoms with Crippen molar-refractivity contribution in [1.29, 1.82) is 0 Å². The highest BCUT2D eigenvalue weighted by atomic mass is 15.1. The van der Waals surface area contributed by atoms with Gasteiger partial charge in [-0.05, 0) is 44.4 Å². The van der Waals surface area contributed by atoms with Crippen LogP contribution in [0.3, 0.4) is 0 Å². The molecule has 3 nitrogen and oxygen atoms in total. The summed E-state index contributed by atoms with van der Waals surface area (Å²) in [5.41, 5.74) is 9.03. The van der Waals surface area contributed by atoms with Crippen molar-refractivity contribution in [3.05, 3.63) is 24.0 Å². The predicted octanol–water partition coefficient (Wildman–Crippen LogP) is 4.64. The fourth-order valence-corrected chi connectivity index (χ4v) is 3.05. The number of nitrogens with two attached hydrogens (primary N) is 1. The van der Waals surface area contributed by atoms with Crippen LogP contribution in [0.1, 0.15) is 70.2 Å². The number of hydrogen-bond donors (Lipinski definition) is 1. The zero-order valence-corrected chi connectivity index (χ0v) is 12.6. The highest BCUT2D eigenvalue weighted by Crippen LogP contribution is 2.42. The van der Waals surface area contributed by atoms with Gasteiger partial charge in [0.15, 0.2) is 0 Å². The number of nitrogens with zero attached hydrogens (tertiary/aromatic N) is 2. The van der Waals surface area contributed by atoms with Crippen LogP contribution in [0.2, 0.25) is 0 Å². The molecule has 0 amide bonds. The van der Waals surface area contributed by atoms with E-state index in [4.69, 9.17) is 10.7 Å². The minimum atomic E-state index is 0.533. The number of fused-ring (bicyclic) bond motifs is 1. The van der Waals surface area contributed by atoms with Gasteiger partial charge < -0.3 is 10.3 Å². The standard InChI is InChI=1S/C17H25N3/c1-3-4-5-6-12(2)20-16-10-9-14(18)11-15(16)19-17(20)13-7-8-13/h9-13H,3-8,18H2,1-2H3. The number of hydrogen-bond acceptors (Lipinski definition) is 2. The summed E-state index contributed by atoms with van der Waals surface area (Å²) in [6.07, 6.45) is 7.73. The smallest absolute Gasteiger partial charge is 0.113 e. The molecular weight excluding hydrogens is 246 g/mol. The molecule has 0 saturated heterocycles. The summed E-state index contributed by atoms with van der Waals surface area (Å²) < 4.78 is 2.47. The van der Waals surface area contributed by atoms with E-state index in [1.807, 2.05) is 12.1 Å². The molecule has 20 heavy (non-hydrogen) atoms. The SMILES string of the molecule is CCCCCC(C)n1c(C2CC2)nc2cc(N)ccc21. The molecule has 2 N–H and O–H groups in total. The molecule has 1 unspecified atom stereocenters. The average Bonchev–Trinajstić information content (AvgIpc) is 3.20. The number of benzene rings is 1. The molecule has 1 heterocycles. The Labute approximate surface area is 121 Å². The average molecular weight is 271 g/mol. The Kier molecular flexibility index (Phi) is 3.68. The second kappa shape index (κ2) is 5.47. The van der Waals surface area contributed by atoms with Gasteiger partial charge in [-0.1, -0.05) is 26.2 Å². The molecule has 1 aliphatic rings. The number of unbranched alkanes of at least 4 members (excludes halogenated alkanes) is 2. The summed E-state index contributed by atoms with van der Waals surface area (Å²) >= 11 is 0. The fraction of sp³-hybridized carbons (Fsp3) is 0.588. The van der Waals surface area contributed by atoms with Crippen LogP contribution >= 0.6 is 0 Å². The highest BCUT2D eigenvalue weighted by Gasteiger charge is 2.30. The fourth-order valence-electron chi connectivity index (χ4n) is 3.05. The maximum Gasteiger partial charge on any atom is 0.113 e. The van der Waals surface area contributed by atoms with Crippen molar-refractivity contribution in [2.75, 3.05) is 5.73 Å². The van der Waals surface area contributed by atoms with Gasteiger partial charge in [0.1, 0.15) is 5.82 Å². The van der Waals surface area contributed by atoms with Gasteiger partial charge in [0.05, 0.1) is 11.0 Å². The highest BCUT2D eigenvalue weighted by molar-refractivity contribution is 5.80. The third-order valence-electron chi connectivity index (χ3n) is 4.35. The van der Waals surface area contributed by atoms with Crippen LogP contribution in [0, 0.1) is 0 Å². The Hall–Kier alpha value is -1.51. The van der Waals surface area contributed by atoms with Gasteiger partial charge in [-0.3, -0.25) is 0 Å². The zero-order valence-electron chi connectivity index (χ0n) is 12.6. The maximum atomic E-state index is 5.90. The Morgan fingerprint density at radius 1 is 1.35 bits per heavy atom. The molecule has 3 heteroatoms. The molecule has 1 saturated carbocycles. The van der Waals surface area contributed by atoms with Gasteiger partial charge in [0, 0.05) is 17.6 Å². The van der Waals surface area contributed by atoms with Gasteiger partial charge in [-0.25, -0.2) is 4.98 Å². The Morgan fingerprint density at radius 3 is 2.85 bits per heavy atom. The molecule has 1 aromatic carbocycles. The molecule has 108 valence electrons. The zero-order chi connectivity index (χ0) is 14.1. The molecule has 0 spiro atoms. The van der Waals surface area contributed by atoms with Gasteiger partial charge in [0.2, 0.25) is 0 Å². The van der Waals surface area contributed by atoms with Gasteiger partial charge >= 0.3 is 0 Å². The van der Waals surface area contributed by atoms with E-state index in [1.54, 1.807) is 0 Å². The minimum absolute atomic E-state index is 0.533. The van der Waals surface area contributed by atoms with E-state index in [0.29, 0.717) is 12.0 Å². The quantitative estimate of drug-likeness (QED) is 0.614. The second-order valence-electron chi connectivity index (χ2n) is 6.21. The van der Waals surface area contributed by atoms with Crippen molar-refractivity contribution in [2.45, 2.75) is 64.3 Å². The van der Waals surface area contributed by atoms with Gasteiger partial charge in [-0.2, -0.15) is 0 Å². The lowest BCUT2D eigenvalue weighted by atomic mass is 10.1. The van der Waals surface area contributed by atoms with E-state index >= 15 is 0 Å². The van der Waals surface area contributed by atoms with Crippen LogP contribution in [0.4, 0.5) is 5.69 Å². The number of imidazole rings is 1. The van der Waals surface area contributed by atoms with Crippen molar-refractivity contribution in [2.24, 2.45) is 0 Å². The summed E-state index contributed by atoms with van der Waals surface area (Å²) in [5, 5.41) is 0. The lowest BCUT2D eigenvalue weighted by Crippen LogP contribution is -2.09. The Balaban J connectivity index is 1.96. The van der Waals surface area contributed by atoms with Crippen molar-refractivity contribution < 1.29 is 0 Å². The van der Waals surface area contributed by atoms with E-state index in [1.165, 1.54) is 49.9 Å². The molecule has 1 fully saturated rings. The minimum Gasteiger partial charge on any atom is -0.399 e. The molecule has 0 bridgehead atoms. The van der Waals surface area contributed by atoms with Crippen LogP contribution in [-0.4, -0.2) is 9.55 Å². The van der Waals surface area contributed by atoms with Gasteiger partial charge in [-0.15, -0.1) is 0 Å². The normalized spacial score (nSPS) is 16.7. The number of anilines is 1. The van der Waals surface area contributed by atoms with Crippen molar-refractivity contribution in [3.8, 4) is 0 Å². The Morgan fingerprint density at radius 2 is 2.15 bits per heavy atom. The molecular formula is C17H25N3. The molecule has 1 atom stereocenters. The van der Waals surface area contributed by atoms with E-state index in [2.05, 4.69) is 24.5 Å². The first kappa shape index (κ1) is 13.5. The monoisotopic (exact) mass is 271 g/mol.